The van der Waals surface area contributed by atoms with Crippen LogP contribution in [0.5, 0.6) is 0 Å². The van der Waals surface area contributed by atoms with Gasteiger partial charge in [-0.05, 0) is 31.7 Å². The Morgan fingerprint density at radius 2 is 2.07 bits per heavy atom. The molecule has 88 valence electrons. The van der Waals surface area contributed by atoms with Gasteiger partial charge in [-0.2, -0.15) is 0 Å². The lowest BCUT2D eigenvalue weighted by atomic mass is 9.96. The first-order valence-corrected chi connectivity index (χ1v) is 6.18. The van der Waals surface area contributed by atoms with E-state index in [-0.39, 0.29) is 11.8 Å². The van der Waals surface area contributed by atoms with Crippen molar-refractivity contribution in [3.8, 4) is 0 Å². The average Bonchev–Trinajstić information content (AvgIpc) is 2.19. The van der Waals surface area contributed by atoms with E-state index in [1.54, 1.807) is 0 Å². The van der Waals surface area contributed by atoms with Crippen molar-refractivity contribution >= 4 is 5.91 Å². The molecule has 2 N–H and O–H groups in total. The summed E-state index contributed by atoms with van der Waals surface area (Å²) in [5, 5.41) is 6.50. The van der Waals surface area contributed by atoms with Crippen LogP contribution in [0.25, 0.3) is 0 Å². The van der Waals surface area contributed by atoms with Gasteiger partial charge in [0, 0.05) is 18.5 Å². The lowest BCUT2D eigenvalue weighted by Gasteiger charge is -2.29. The molecular weight excluding hydrogens is 188 g/mol. The maximum atomic E-state index is 11.8. The standard InChI is InChI=1S/C12H24N2O/c1-4-10(5-2)12(15)14-11-6-9(3)7-13-8-11/h9-11,13H,4-8H2,1-3H3,(H,14,15). The molecule has 0 aromatic carbocycles. The molecule has 3 nitrogen and oxygen atoms in total. The van der Waals surface area contributed by atoms with Gasteiger partial charge in [0.2, 0.25) is 5.91 Å². The van der Waals surface area contributed by atoms with Crippen LogP contribution in [0.1, 0.15) is 40.0 Å². The van der Waals surface area contributed by atoms with Crippen molar-refractivity contribution in [1.82, 2.24) is 10.6 Å². The summed E-state index contributed by atoms with van der Waals surface area (Å²) >= 11 is 0. The van der Waals surface area contributed by atoms with Crippen LogP contribution in [0.3, 0.4) is 0 Å². The highest BCUT2D eigenvalue weighted by molar-refractivity contribution is 5.78. The van der Waals surface area contributed by atoms with E-state index in [0.717, 1.165) is 32.4 Å². The summed E-state index contributed by atoms with van der Waals surface area (Å²) in [6, 6.07) is 0.335. The summed E-state index contributed by atoms with van der Waals surface area (Å²) in [5.74, 6) is 1.11. The van der Waals surface area contributed by atoms with Crippen LogP contribution in [-0.2, 0) is 4.79 Å². The van der Waals surface area contributed by atoms with Gasteiger partial charge in [-0.1, -0.05) is 20.8 Å². The zero-order chi connectivity index (χ0) is 11.3. The number of hydrogen-bond donors (Lipinski definition) is 2. The molecule has 0 aromatic rings. The lowest BCUT2D eigenvalue weighted by molar-refractivity contribution is -0.126. The van der Waals surface area contributed by atoms with Gasteiger partial charge in [-0.3, -0.25) is 4.79 Å². The topological polar surface area (TPSA) is 41.1 Å². The zero-order valence-corrected chi connectivity index (χ0v) is 10.2. The van der Waals surface area contributed by atoms with E-state index in [4.69, 9.17) is 0 Å². The van der Waals surface area contributed by atoms with Crippen molar-refractivity contribution in [2.45, 2.75) is 46.1 Å². The number of carbonyl (C=O) groups is 1. The second-order valence-electron chi connectivity index (χ2n) is 4.72. The van der Waals surface area contributed by atoms with Crippen molar-refractivity contribution in [1.29, 1.82) is 0 Å². The molecule has 1 heterocycles. The Kier molecular flexibility index (Phi) is 5.09. The number of amides is 1. The maximum absolute atomic E-state index is 11.8. The van der Waals surface area contributed by atoms with Crippen LogP contribution in [-0.4, -0.2) is 25.0 Å². The largest absolute Gasteiger partial charge is 0.352 e. The molecule has 0 radical (unpaired) electrons. The third-order valence-electron chi connectivity index (χ3n) is 3.27. The fraction of sp³-hybridized carbons (Fsp3) is 0.917. The second kappa shape index (κ2) is 6.11. The summed E-state index contributed by atoms with van der Waals surface area (Å²) in [4.78, 5) is 11.8. The summed E-state index contributed by atoms with van der Waals surface area (Å²) in [5.41, 5.74) is 0. The van der Waals surface area contributed by atoms with Crippen molar-refractivity contribution in [2.75, 3.05) is 13.1 Å². The molecule has 0 bridgehead atoms. The molecule has 1 aliphatic rings. The van der Waals surface area contributed by atoms with E-state index in [0.29, 0.717) is 12.0 Å². The highest BCUT2D eigenvalue weighted by Gasteiger charge is 2.22. The van der Waals surface area contributed by atoms with Gasteiger partial charge in [-0.15, -0.1) is 0 Å². The minimum Gasteiger partial charge on any atom is -0.352 e. The maximum Gasteiger partial charge on any atom is 0.223 e. The molecule has 15 heavy (non-hydrogen) atoms. The first kappa shape index (κ1) is 12.5. The van der Waals surface area contributed by atoms with Crippen molar-refractivity contribution < 1.29 is 4.79 Å². The van der Waals surface area contributed by atoms with Crippen LogP contribution < -0.4 is 10.6 Å². The molecule has 1 fully saturated rings. The van der Waals surface area contributed by atoms with E-state index in [2.05, 4.69) is 31.4 Å². The Labute approximate surface area is 93.0 Å². The first-order chi connectivity index (χ1) is 7.17. The Hall–Kier alpha value is -0.570. The average molecular weight is 212 g/mol. The van der Waals surface area contributed by atoms with Gasteiger partial charge < -0.3 is 10.6 Å². The van der Waals surface area contributed by atoms with Gasteiger partial charge >= 0.3 is 0 Å². The highest BCUT2D eigenvalue weighted by atomic mass is 16.1. The molecule has 0 saturated carbocycles. The van der Waals surface area contributed by atoms with E-state index in [1.165, 1.54) is 0 Å². The molecule has 2 atom stereocenters. The Balaban J connectivity index is 2.36. The van der Waals surface area contributed by atoms with E-state index < -0.39 is 0 Å². The Morgan fingerprint density at radius 3 is 2.60 bits per heavy atom. The van der Waals surface area contributed by atoms with Crippen LogP contribution >= 0.6 is 0 Å². The smallest absolute Gasteiger partial charge is 0.223 e. The fourth-order valence-corrected chi connectivity index (χ4v) is 2.24. The second-order valence-corrected chi connectivity index (χ2v) is 4.72. The Bertz CT molecular complexity index is 202. The van der Waals surface area contributed by atoms with Crippen molar-refractivity contribution in [3.63, 3.8) is 0 Å². The molecule has 3 heteroatoms. The predicted octanol–water partition coefficient (Wildman–Crippen LogP) is 1.54. The number of piperidine rings is 1. The number of nitrogens with one attached hydrogen (secondary N) is 2. The lowest BCUT2D eigenvalue weighted by Crippen LogP contribution is -2.49. The SMILES string of the molecule is CCC(CC)C(=O)NC1CNCC(C)C1. The van der Waals surface area contributed by atoms with Gasteiger partial charge in [0.1, 0.15) is 0 Å². The predicted molar refractivity (Wildman–Crippen MR) is 62.7 cm³/mol. The first-order valence-electron chi connectivity index (χ1n) is 6.18. The van der Waals surface area contributed by atoms with E-state index in [1.807, 2.05) is 0 Å². The highest BCUT2D eigenvalue weighted by Crippen LogP contribution is 2.12. The number of carbonyl (C=O) groups excluding carboxylic acids is 1. The molecule has 1 aliphatic heterocycles. The van der Waals surface area contributed by atoms with Crippen LogP contribution in [0.2, 0.25) is 0 Å². The molecule has 1 rings (SSSR count). The quantitative estimate of drug-likeness (QED) is 0.742. The molecule has 0 aliphatic carbocycles. The minimum atomic E-state index is 0.197. The van der Waals surface area contributed by atoms with Gasteiger partial charge in [0.25, 0.3) is 0 Å². The van der Waals surface area contributed by atoms with Gasteiger partial charge in [0.15, 0.2) is 0 Å². The molecule has 1 saturated heterocycles. The van der Waals surface area contributed by atoms with Crippen LogP contribution in [0.15, 0.2) is 0 Å². The molecule has 2 unspecified atom stereocenters. The van der Waals surface area contributed by atoms with Gasteiger partial charge in [-0.25, -0.2) is 0 Å². The number of hydrogen-bond acceptors (Lipinski definition) is 2. The van der Waals surface area contributed by atoms with Crippen molar-refractivity contribution in [3.05, 3.63) is 0 Å². The minimum absolute atomic E-state index is 0.197. The normalized spacial score (nSPS) is 26.7. The zero-order valence-electron chi connectivity index (χ0n) is 10.2. The monoisotopic (exact) mass is 212 g/mol. The summed E-state index contributed by atoms with van der Waals surface area (Å²) in [6.07, 6.45) is 2.99. The van der Waals surface area contributed by atoms with E-state index in [9.17, 15) is 4.79 Å². The summed E-state index contributed by atoms with van der Waals surface area (Å²) < 4.78 is 0. The molecule has 1 amide bonds. The van der Waals surface area contributed by atoms with E-state index >= 15 is 0 Å². The molecular formula is C12H24N2O. The van der Waals surface area contributed by atoms with Crippen LogP contribution in [0.4, 0.5) is 0 Å². The summed E-state index contributed by atoms with van der Waals surface area (Å²) in [6.45, 7) is 8.39. The van der Waals surface area contributed by atoms with Gasteiger partial charge in [0.05, 0.1) is 0 Å². The fourth-order valence-electron chi connectivity index (χ4n) is 2.24. The molecule has 0 spiro atoms. The van der Waals surface area contributed by atoms with Crippen molar-refractivity contribution in [2.24, 2.45) is 11.8 Å². The summed E-state index contributed by atoms with van der Waals surface area (Å²) in [7, 11) is 0. The Morgan fingerprint density at radius 1 is 1.40 bits per heavy atom. The third-order valence-corrected chi connectivity index (χ3v) is 3.27. The van der Waals surface area contributed by atoms with Crippen LogP contribution in [0, 0.1) is 11.8 Å². The molecule has 0 aromatic heterocycles. The third kappa shape index (κ3) is 3.82. The number of rotatable bonds is 4.